The van der Waals surface area contributed by atoms with Crippen LogP contribution < -0.4 is 5.32 Å². The number of nitrogens with one attached hydrogen (secondary N) is 2. The number of hydrogen-bond donors (Lipinski definition) is 2. The van der Waals surface area contributed by atoms with Crippen molar-refractivity contribution in [2.75, 3.05) is 6.54 Å². The first-order valence-corrected chi connectivity index (χ1v) is 6.82. The van der Waals surface area contributed by atoms with Crippen molar-refractivity contribution >= 4 is 0 Å². The number of H-pyrrole nitrogens is 1. The first-order chi connectivity index (χ1) is 9.96. The Morgan fingerprint density at radius 1 is 1.29 bits per heavy atom. The van der Waals surface area contributed by atoms with Gasteiger partial charge >= 0.3 is 6.18 Å². The molecule has 0 bridgehead atoms. The van der Waals surface area contributed by atoms with Gasteiger partial charge in [0.15, 0.2) is 5.76 Å². The summed E-state index contributed by atoms with van der Waals surface area (Å²) in [5.74, 6) is 1.52. The molecule has 2 heterocycles. The largest absolute Gasteiger partial charge is 0.460 e. The molecule has 4 nitrogen and oxygen atoms in total. The number of nitrogens with zero attached hydrogens (tertiary/aromatic N) is 1. The molecule has 0 aliphatic carbocycles. The zero-order valence-electron chi connectivity index (χ0n) is 11.8. The quantitative estimate of drug-likeness (QED) is 0.765. The van der Waals surface area contributed by atoms with Crippen molar-refractivity contribution in [1.82, 2.24) is 15.5 Å². The highest BCUT2D eigenvalue weighted by molar-refractivity contribution is 5.56. The van der Waals surface area contributed by atoms with Crippen LogP contribution in [0.5, 0.6) is 0 Å². The van der Waals surface area contributed by atoms with Crippen molar-refractivity contribution in [3.63, 3.8) is 0 Å². The number of furan rings is 1. The van der Waals surface area contributed by atoms with Crippen molar-refractivity contribution < 1.29 is 17.6 Å². The van der Waals surface area contributed by atoms with Gasteiger partial charge in [-0.05, 0) is 38.4 Å². The molecule has 0 radical (unpaired) electrons. The average molecular weight is 301 g/mol. The molecule has 2 aromatic rings. The third-order valence-electron chi connectivity index (χ3n) is 3.08. The molecule has 21 heavy (non-hydrogen) atoms. The molecular weight excluding hydrogens is 283 g/mol. The highest BCUT2D eigenvalue weighted by atomic mass is 19.4. The van der Waals surface area contributed by atoms with Crippen LogP contribution in [0.1, 0.15) is 30.6 Å². The third-order valence-corrected chi connectivity index (χ3v) is 3.08. The molecule has 7 heteroatoms. The normalized spacial score (nSPS) is 12.0. The Bertz CT molecular complexity index is 560. The van der Waals surface area contributed by atoms with E-state index in [1.807, 2.05) is 19.1 Å². The van der Waals surface area contributed by atoms with Gasteiger partial charge in [-0.1, -0.05) is 0 Å². The summed E-state index contributed by atoms with van der Waals surface area (Å²) in [6.07, 6.45) is -2.46. The van der Waals surface area contributed by atoms with E-state index in [1.165, 1.54) is 0 Å². The van der Waals surface area contributed by atoms with Gasteiger partial charge in [0.1, 0.15) is 11.5 Å². The van der Waals surface area contributed by atoms with E-state index >= 15 is 0 Å². The van der Waals surface area contributed by atoms with Gasteiger partial charge in [-0.2, -0.15) is 18.3 Å². The average Bonchev–Trinajstić information content (AvgIpc) is 3.00. The molecule has 2 rings (SSSR count). The summed E-state index contributed by atoms with van der Waals surface area (Å²) in [6.45, 7) is 2.94. The van der Waals surface area contributed by atoms with Gasteiger partial charge in [0.25, 0.3) is 0 Å². The van der Waals surface area contributed by atoms with Crippen molar-refractivity contribution in [2.24, 2.45) is 0 Å². The van der Waals surface area contributed by atoms with E-state index in [2.05, 4.69) is 15.5 Å². The van der Waals surface area contributed by atoms with E-state index in [0.29, 0.717) is 25.3 Å². The maximum Gasteiger partial charge on any atom is 0.389 e. The fraction of sp³-hybridized carbons (Fsp3) is 0.500. The maximum absolute atomic E-state index is 12.0. The van der Waals surface area contributed by atoms with Gasteiger partial charge in [-0.25, -0.2) is 0 Å². The summed E-state index contributed by atoms with van der Waals surface area (Å²) in [4.78, 5) is 0. The molecule has 116 valence electrons. The van der Waals surface area contributed by atoms with Crippen LogP contribution in [0.25, 0.3) is 11.5 Å². The monoisotopic (exact) mass is 301 g/mol. The standard InChI is InChI=1S/C14H18F3N3O/c1-10-4-5-12(21-10)13-11(9-19-20-13)8-18-7-3-2-6-14(15,16)17/h4-5,9,18H,2-3,6-8H2,1H3,(H,19,20). The van der Waals surface area contributed by atoms with Gasteiger partial charge < -0.3 is 9.73 Å². The number of hydrogen-bond acceptors (Lipinski definition) is 3. The first-order valence-electron chi connectivity index (χ1n) is 6.82. The zero-order valence-corrected chi connectivity index (χ0v) is 11.8. The summed E-state index contributed by atoms with van der Waals surface area (Å²) in [5.41, 5.74) is 1.73. The smallest absolute Gasteiger partial charge is 0.389 e. The molecule has 0 saturated carbocycles. The van der Waals surface area contributed by atoms with Crippen molar-refractivity contribution in [1.29, 1.82) is 0 Å². The van der Waals surface area contributed by atoms with Gasteiger partial charge in [-0.15, -0.1) is 0 Å². The minimum Gasteiger partial charge on any atom is -0.460 e. The van der Waals surface area contributed by atoms with Gasteiger partial charge in [0, 0.05) is 18.5 Å². The second kappa shape index (κ2) is 6.80. The third kappa shape index (κ3) is 4.93. The number of aromatic amines is 1. The molecule has 0 amide bonds. The highest BCUT2D eigenvalue weighted by Crippen LogP contribution is 2.23. The van der Waals surface area contributed by atoms with Crippen LogP contribution in [0.2, 0.25) is 0 Å². The first kappa shape index (κ1) is 15.6. The lowest BCUT2D eigenvalue weighted by atomic mass is 10.2. The van der Waals surface area contributed by atoms with E-state index in [1.54, 1.807) is 6.20 Å². The minimum absolute atomic E-state index is 0.145. The second-order valence-corrected chi connectivity index (χ2v) is 4.93. The van der Waals surface area contributed by atoms with Crippen molar-refractivity contribution in [3.05, 3.63) is 29.7 Å². The Balaban J connectivity index is 1.76. The second-order valence-electron chi connectivity index (χ2n) is 4.93. The number of rotatable bonds is 7. The van der Waals surface area contributed by atoms with Gasteiger partial charge in [-0.3, -0.25) is 5.10 Å². The lowest BCUT2D eigenvalue weighted by molar-refractivity contribution is -0.135. The Labute approximate surface area is 120 Å². The summed E-state index contributed by atoms with van der Waals surface area (Å²) in [5, 5.41) is 9.98. The molecular formula is C14H18F3N3O. The van der Waals surface area contributed by atoms with Crippen LogP contribution in [0, 0.1) is 6.92 Å². The lowest BCUT2D eigenvalue weighted by Crippen LogP contribution is -2.16. The van der Waals surface area contributed by atoms with Crippen LogP contribution in [-0.4, -0.2) is 22.9 Å². The summed E-state index contributed by atoms with van der Waals surface area (Å²) in [6, 6.07) is 3.72. The zero-order chi connectivity index (χ0) is 15.3. The number of aryl methyl sites for hydroxylation is 1. The Morgan fingerprint density at radius 2 is 2.10 bits per heavy atom. The van der Waals surface area contributed by atoms with Crippen LogP contribution in [0.4, 0.5) is 13.2 Å². The summed E-state index contributed by atoms with van der Waals surface area (Å²) < 4.78 is 41.5. The fourth-order valence-corrected chi connectivity index (χ4v) is 2.03. The van der Waals surface area contributed by atoms with E-state index < -0.39 is 12.6 Å². The molecule has 0 saturated heterocycles. The summed E-state index contributed by atoms with van der Waals surface area (Å²) >= 11 is 0. The Morgan fingerprint density at radius 3 is 2.76 bits per heavy atom. The van der Waals surface area contributed by atoms with Crippen LogP contribution in [-0.2, 0) is 6.54 Å². The number of aromatic nitrogens is 2. The molecule has 2 aromatic heterocycles. The SMILES string of the molecule is Cc1ccc(-c2[nH]ncc2CNCCCCC(F)(F)F)o1. The number of halogens is 3. The molecule has 0 aliphatic rings. The van der Waals surface area contributed by atoms with Crippen LogP contribution >= 0.6 is 0 Å². The molecule has 2 N–H and O–H groups in total. The molecule has 0 aliphatic heterocycles. The van der Waals surface area contributed by atoms with Gasteiger partial charge in [0.2, 0.25) is 0 Å². The molecule has 0 unspecified atom stereocenters. The fourth-order valence-electron chi connectivity index (χ4n) is 2.03. The molecule has 0 spiro atoms. The van der Waals surface area contributed by atoms with Crippen LogP contribution in [0.3, 0.4) is 0 Å². The minimum atomic E-state index is -4.06. The number of unbranched alkanes of at least 4 members (excludes halogenated alkanes) is 1. The predicted octanol–water partition coefficient (Wildman–Crippen LogP) is 3.80. The van der Waals surface area contributed by atoms with E-state index in [0.717, 1.165) is 17.0 Å². The van der Waals surface area contributed by atoms with Crippen molar-refractivity contribution in [2.45, 2.75) is 38.9 Å². The lowest BCUT2D eigenvalue weighted by Gasteiger charge is -2.07. The number of alkyl halides is 3. The Hall–Kier alpha value is -1.76. The van der Waals surface area contributed by atoms with E-state index in [9.17, 15) is 13.2 Å². The van der Waals surface area contributed by atoms with E-state index in [4.69, 9.17) is 4.42 Å². The molecule has 0 aromatic carbocycles. The van der Waals surface area contributed by atoms with Gasteiger partial charge in [0.05, 0.1) is 6.20 Å². The van der Waals surface area contributed by atoms with Crippen molar-refractivity contribution in [3.8, 4) is 11.5 Å². The van der Waals surface area contributed by atoms with Crippen LogP contribution in [0.15, 0.2) is 22.7 Å². The molecule has 0 atom stereocenters. The molecule has 0 fully saturated rings. The topological polar surface area (TPSA) is 53.9 Å². The highest BCUT2D eigenvalue weighted by Gasteiger charge is 2.25. The van der Waals surface area contributed by atoms with E-state index in [-0.39, 0.29) is 6.42 Å². The Kier molecular flexibility index (Phi) is 5.06. The maximum atomic E-state index is 12.0. The predicted molar refractivity (Wildman–Crippen MR) is 72.6 cm³/mol. The summed E-state index contributed by atoms with van der Waals surface area (Å²) in [7, 11) is 0.